The molecule has 0 unspecified atom stereocenters. The fraction of sp³-hybridized carbons (Fsp3) is 0.300. The summed E-state index contributed by atoms with van der Waals surface area (Å²) in [5, 5.41) is 8.03. The second kappa shape index (κ2) is 7.19. The van der Waals surface area contributed by atoms with Gasteiger partial charge in [0.2, 0.25) is 0 Å². The van der Waals surface area contributed by atoms with Gasteiger partial charge in [0, 0.05) is 18.4 Å². The molecule has 2 aromatic heterocycles. The molecule has 0 fully saturated rings. The monoisotopic (exact) mass is 366 g/mol. The number of carbonyl (C=O) groups excluding carboxylic acids is 2. The van der Waals surface area contributed by atoms with Crippen molar-refractivity contribution in [1.29, 1.82) is 0 Å². The van der Waals surface area contributed by atoms with Crippen LogP contribution in [0.15, 0.2) is 30.3 Å². The van der Waals surface area contributed by atoms with Crippen molar-refractivity contribution in [2.75, 3.05) is 12.4 Å². The summed E-state index contributed by atoms with van der Waals surface area (Å²) < 4.78 is 6.38. The summed E-state index contributed by atoms with van der Waals surface area (Å²) in [6.07, 6.45) is 0. The number of amides is 1. The van der Waals surface area contributed by atoms with Crippen LogP contribution in [0.1, 0.15) is 51.9 Å². The number of pyridine rings is 1. The fourth-order valence-corrected chi connectivity index (χ4v) is 2.94. The van der Waals surface area contributed by atoms with Crippen LogP contribution in [0.4, 0.5) is 5.69 Å². The number of esters is 1. The molecule has 0 saturated carbocycles. The predicted octanol–water partition coefficient (Wildman–Crippen LogP) is 3.44. The number of benzene rings is 1. The van der Waals surface area contributed by atoms with Gasteiger partial charge in [-0.1, -0.05) is 13.8 Å². The zero-order chi connectivity index (χ0) is 19.7. The van der Waals surface area contributed by atoms with Gasteiger partial charge in [-0.15, -0.1) is 0 Å². The molecule has 0 aliphatic heterocycles. The Labute approximate surface area is 157 Å². The van der Waals surface area contributed by atoms with E-state index < -0.39 is 5.97 Å². The SMILES string of the molecule is COC(=O)c1ccc(NC(=O)c2cc(C(C)C)nc3c2c(C)nn3C)cc1. The van der Waals surface area contributed by atoms with Crippen molar-refractivity contribution in [2.45, 2.75) is 26.7 Å². The highest BCUT2D eigenvalue weighted by Crippen LogP contribution is 2.25. The number of fused-ring (bicyclic) bond motifs is 1. The highest BCUT2D eigenvalue weighted by Gasteiger charge is 2.20. The molecular formula is C20H22N4O3. The van der Waals surface area contributed by atoms with Crippen molar-refractivity contribution in [3.05, 3.63) is 52.8 Å². The number of hydrogen-bond donors (Lipinski definition) is 1. The van der Waals surface area contributed by atoms with E-state index in [0.717, 1.165) is 16.8 Å². The summed E-state index contributed by atoms with van der Waals surface area (Å²) >= 11 is 0. The van der Waals surface area contributed by atoms with E-state index in [-0.39, 0.29) is 11.8 Å². The molecule has 27 heavy (non-hydrogen) atoms. The minimum Gasteiger partial charge on any atom is -0.465 e. The largest absolute Gasteiger partial charge is 0.465 e. The molecular weight excluding hydrogens is 344 g/mol. The molecule has 0 bridgehead atoms. The minimum atomic E-state index is -0.420. The molecule has 1 aromatic carbocycles. The van der Waals surface area contributed by atoms with Gasteiger partial charge in [-0.2, -0.15) is 5.10 Å². The maximum atomic E-state index is 13.0. The Balaban J connectivity index is 1.99. The number of aryl methyl sites for hydroxylation is 2. The van der Waals surface area contributed by atoms with E-state index in [1.807, 2.05) is 33.9 Å². The average Bonchev–Trinajstić information content (AvgIpc) is 2.95. The van der Waals surface area contributed by atoms with Gasteiger partial charge in [0.15, 0.2) is 5.65 Å². The maximum absolute atomic E-state index is 13.0. The van der Waals surface area contributed by atoms with Crippen LogP contribution in [0.2, 0.25) is 0 Å². The van der Waals surface area contributed by atoms with Crippen molar-refractivity contribution < 1.29 is 14.3 Å². The van der Waals surface area contributed by atoms with Crippen molar-refractivity contribution in [3.8, 4) is 0 Å². The summed E-state index contributed by atoms with van der Waals surface area (Å²) in [7, 11) is 3.15. The van der Waals surface area contributed by atoms with Crippen molar-refractivity contribution >= 4 is 28.6 Å². The first kappa shape index (κ1) is 18.6. The molecule has 1 amide bonds. The molecule has 1 N–H and O–H groups in total. The number of nitrogens with one attached hydrogen (secondary N) is 1. The van der Waals surface area contributed by atoms with E-state index in [1.54, 1.807) is 28.9 Å². The van der Waals surface area contributed by atoms with E-state index in [1.165, 1.54) is 7.11 Å². The quantitative estimate of drug-likeness (QED) is 0.715. The van der Waals surface area contributed by atoms with Crippen molar-refractivity contribution in [2.24, 2.45) is 7.05 Å². The molecule has 0 spiro atoms. The molecule has 0 saturated heterocycles. The van der Waals surface area contributed by atoms with Crippen LogP contribution in [0.25, 0.3) is 11.0 Å². The average molecular weight is 366 g/mol. The Bertz CT molecular complexity index is 1020. The van der Waals surface area contributed by atoms with Crippen LogP contribution in [0.5, 0.6) is 0 Å². The van der Waals surface area contributed by atoms with Crippen LogP contribution in [-0.2, 0) is 11.8 Å². The highest BCUT2D eigenvalue weighted by atomic mass is 16.5. The standard InChI is InChI=1S/C20H22N4O3/c1-11(2)16-10-15(17-12(3)23-24(4)18(17)22-16)19(25)21-14-8-6-13(7-9-14)20(26)27-5/h6-11H,1-5H3,(H,21,25). The van der Waals surface area contributed by atoms with E-state index >= 15 is 0 Å². The first-order valence-electron chi connectivity index (χ1n) is 8.65. The molecule has 2 heterocycles. The zero-order valence-corrected chi connectivity index (χ0v) is 16.0. The van der Waals surface area contributed by atoms with E-state index in [0.29, 0.717) is 22.5 Å². The number of ether oxygens (including phenoxy) is 1. The van der Waals surface area contributed by atoms with Crippen LogP contribution >= 0.6 is 0 Å². The third-order valence-corrected chi connectivity index (χ3v) is 4.39. The lowest BCUT2D eigenvalue weighted by Crippen LogP contribution is -2.14. The third kappa shape index (κ3) is 3.53. The smallest absolute Gasteiger partial charge is 0.337 e. The molecule has 140 valence electrons. The molecule has 7 heteroatoms. The van der Waals surface area contributed by atoms with Gasteiger partial charge in [-0.05, 0) is 43.2 Å². The first-order valence-corrected chi connectivity index (χ1v) is 8.65. The topological polar surface area (TPSA) is 86.1 Å². The summed E-state index contributed by atoms with van der Waals surface area (Å²) in [5.41, 5.74) is 3.81. The highest BCUT2D eigenvalue weighted by molar-refractivity contribution is 6.12. The number of carbonyl (C=O) groups is 2. The molecule has 7 nitrogen and oxygen atoms in total. The zero-order valence-electron chi connectivity index (χ0n) is 16.0. The lowest BCUT2D eigenvalue weighted by Gasteiger charge is -2.11. The van der Waals surface area contributed by atoms with Crippen LogP contribution in [-0.4, -0.2) is 33.8 Å². The minimum absolute atomic E-state index is 0.176. The number of methoxy groups -OCH3 is 1. The molecule has 0 aliphatic carbocycles. The Morgan fingerprint density at radius 3 is 2.44 bits per heavy atom. The molecule has 0 aliphatic rings. The summed E-state index contributed by atoms with van der Waals surface area (Å²) in [4.78, 5) is 29.2. The van der Waals surface area contributed by atoms with E-state index in [9.17, 15) is 9.59 Å². The summed E-state index contributed by atoms with van der Waals surface area (Å²) in [6, 6.07) is 8.38. The number of nitrogens with zero attached hydrogens (tertiary/aromatic N) is 3. The van der Waals surface area contributed by atoms with Crippen molar-refractivity contribution in [3.63, 3.8) is 0 Å². The Morgan fingerprint density at radius 1 is 1.19 bits per heavy atom. The Kier molecular flexibility index (Phi) is 4.94. The number of hydrogen-bond acceptors (Lipinski definition) is 5. The lowest BCUT2D eigenvalue weighted by molar-refractivity contribution is 0.0600. The summed E-state index contributed by atoms with van der Waals surface area (Å²) in [6.45, 7) is 5.93. The van der Waals surface area contributed by atoms with Crippen LogP contribution in [0.3, 0.4) is 0 Å². The van der Waals surface area contributed by atoms with Crippen molar-refractivity contribution in [1.82, 2.24) is 14.8 Å². The second-order valence-electron chi connectivity index (χ2n) is 6.68. The molecule has 0 radical (unpaired) electrons. The van der Waals surface area contributed by atoms with Gasteiger partial charge in [0.1, 0.15) is 0 Å². The Hall–Kier alpha value is -3.22. The molecule has 3 rings (SSSR count). The number of aromatic nitrogens is 3. The molecule has 0 atom stereocenters. The van der Waals surface area contributed by atoms with Crippen LogP contribution < -0.4 is 5.32 Å². The van der Waals surface area contributed by atoms with E-state index in [4.69, 9.17) is 0 Å². The van der Waals surface area contributed by atoms with Crippen LogP contribution in [0, 0.1) is 6.92 Å². The van der Waals surface area contributed by atoms with Gasteiger partial charge in [0.25, 0.3) is 5.91 Å². The van der Waals surface area contributed by atoms with E-state index in [2.05, 4.69) is 20.1 Å². The summed E-state index contributed by atoms with van der Waals surface area (Å²) in [5.74, 6) is -0.488. The third-order valence-electron chi connectivity index (χ3n) is 4.39. The van der Waals surface area contributed by atoms with Gasteiger partial charge in [0.05, 0.1) is 29.3 Å². The number of anilines is 1. The number of rotatable bonds is 4. The first-order chi connectivity index (χ1) is 12.8. The predicted molar refractivity (Wildman–Crippen MR) is 103 cm³/mol. The maximum Gasteiger partial charge on any atom is 0.337 e. The second-order valence-corrected chi connectivity index (χ2v) is 6.68. The fourth-order valence-electron chi connectivity index (χ4n) is 2.94. The molecule has 3 aromatic rings. The van der Waals surface area contributed by atoms with Gasteiger partial charge < -0.3 is 10.1 Å². The Morgan fingerprint density at radius 2 is 1.85 bits per heavy atom. The van der Waals surface area contributed by atoms with Gasteiger partial charge >= 0.3 is 5.97 Å². The normalized spacial score (nSPS) is 11.0. The lowest BCUT2D eigenvalue weighted by atomic mass is 10.0. The van der Waals surface area contributed by atoms with Gasteiger partial charge in [-0.3, -0.25) is 9.48 Å². The van der Waals surface area contributed by atoms with Gasteiger partial charge in [-0.25, -0.2) is 9.78 Å².